The van der Waals surface area contributed by atoms with Crippen molar-refractivity contribution in [1.82, 2.24) is 0 Å². The summed E-state index contributed by atoms with van der Waals surface area (Å²) in [7, 11) is 0. The van der Waals surface area contributed by atoms with Gasteiger partial charge in [0, 0.05) is 6.61 Å². The third-order valence-electron chi connectivity index (χ3n) is 1.35. The molecule has 0 aliphatic rings. The third-order valence-corrected chi connectivity index (χ3v) is 1.35. The Morgan fingerprint density at radius 3 is 2.00 bits per heavy atom. The summed E-state index contributed by atoms with van der Waals surface area (Å²) in [5, 5.41) is 8.73. The highest BCUT2D eigenvalue weighted by atomic mass is 16.3. The first kappa shape index (κ1) is 7.96. The number of aliphatic hydroxyl groups is 1. The summed E-state index contributed by atoms with van der Waals surface area (Å²) < 4.78 is 0. The molecule has 1 N–H and O–H groups in total. The van der Waals surface area contributed by atoms with Crippen LogP contribution < -0.4 is 0 Å². The van der Waals surface area contributed by atoms with Gasteiger partial charge in [0.2, 0.25) is 0 Å². The predicted octanol–water partition coefficient (Wildman–Crippen LogP) is 1.81. The Morgan fingerprint density at radius 1 is 1.38 bits per heavy atom. The van der Waals surface area contributed by atoms with E-state index in [4.69, 9.17) is 5.11 Å². The van der Waals surface area contributed by atoms with Crippen molar-refractivity contribution in [3.05, 3.63) is 0 Å². The minimum Gasteiger partial charge on any atom is -0.396 e. The lowest BCUT2D eigenvalue weighted by atomic mass is 9.89. The van der Waals surface area contributed by atoms with Gasteiger partial charge in [0.05, 0.1) is 0 Å². The Morgan fingerprint density at radius 2 is 1.88 bits per heavy atom. The number of rotatable bonds is 3. The van der Waals surface area contributed by atoms with E-state index < -0.39 is 0 Å². The van der Waals surface area contributed by atoms with E-state index in [1.165, 1.54) is 0 Å². The molecule has 0 fully saturated rings. The van der Waals surface area contributed by atoms with Gasteiger partial charge in [0.15, 0.2) is 0 Å². The van der Waals surface area contributed by atoms with Crippen LogP contribution in [0.1, 0.15) is 33.6 Å². The van der Waals surface area contributed by atoms with Gasteiger partial charge in [0.1, 0.15) is 0 Å². The minimum atomic E-state index is 0.148. The highest BCUT2D eigenvalue weighted by molar-refractivity contribution is 4.64. The molecule has 0 unspecified atom stereocenters. The van der Waals surface area contributed by atoms with Crippen molar-refractivity contribution in [2.24, 2.45) is 5.41 Å². The van der Waals surface area contributed by atoms with E-state index in [0.29, 0.717) is 6.61 Å². The molecule has 0 bridgehead atoms. The van der Waals surface area contributed by atoms with Gasteiger partial charge in [-0.3, -0.25) is 0 Å². The van der Waals surface area contributed by atoms with E-state index in [0.717, 1.165) is 12.8 Å². The topological polar surface area (TPSA) is 20.2 Å². The van der Waals surface area contributed by atoms with Gasteiger partial charge in [-0.2, -0.15) is 0 Å². The van der Waals surface area contributed by atoms with Crippen LogP contribution in [-0.2, 0) is 0 Å². The maximum Gasteiger partial charge on any atom is 0.0482 e. The fourth-order valence-electron chi connectivity index (χ4n) is 0.756. The molecule has 8 heavy (non-hydrogen) atoms. The summed E-state index contributed by atoms with van der Waals surface area (Å²) in [4.78, 5) is 0. The molecule has 0 radical (unpaired) electrons. The normalized spacial score (nSPS) is 12.0. The van der Waals surface area contributed by atoms with E-state index in [1.54, 1.807) is 0 Å². The minimum absolute atomic E-state index is 0.148. The van der Waals surface area contributed by atoms with Crippen molar-refractivity contribution in [3.8, 4) is 0 Å². The average molecular weight is 116 g/mol. The van der Waals surface area contributed by atoms with Gasteiger partial charge in [-0.05, 0) is 11.8 Å². The van der Waals surface area contributed by atoms with Crippen molar-refractivity contribution in [1.29, 1.82) is 0 Å². The van der Waals surface area contributed by atoms with Crippen LogP contribution in [0.2, 0.25) is 0 Å². The van der Waals surface area contributed by atoms with Gasteiger partial charge in [0.25, 0.3) is 0 Å². The van der Waals surface area contributed by atoms with Crippen LogP contribution in [0, 0.1) is 5.41 Å². The van der Waals surface area contributed by atoms with Crippen LogP contribution in [0.3, 0.4) is 0 Å². The third kappa shape index (κ3) is 3.03. The van der Waals surface area contributed by atoms with Crippen molar-refractivity contribution in [3.63, 3.8) is 0 Å². The van der Waals surface area contributed by atoms with Gasteiger partial charge >= 0.3 is 0 Å². The number of hydrogen-bond acceptors (Lipinski definition) is 1. The summed E-state index contributed by atoms with van der Waals surface area (Å²) >= 11 is 0. The molecule has 0 aromatic carbocycles. The highest BCUT2D eigenvalue weighted by Crippen LogP contribution is 2.19. The Bertz CT molecular complexity index is 57.4. The second kappa shape index (κ2) is 3.08. The Kier molecular flexibility index (Phi) is 3.06. The molecule has 0 rings (SSSR count). The van der Waals surface area contributed by atoms with Gasteiger partial charge in [-0.25, -0.2) is 0 Å². The first-order valence-corrected chi connectivity index (χ1v) is 3.23. The molecular weight excluding hydrogens is 100 g/mol. The van der Waals surface area contributed by atoms with Crippen LogP contribution in [0.4, 0.5) is 0 Å². The largest absolute Gasteiger partial charge is 0.396 e. The maximum atomic E-state index is 8.73. The Labute approximate surface area is 51.7 Å². The summed E-state index contributed by atoms with van der Waals surface area (Å²) in [6.07, 6.45) is 2.27. The summed E-state index contributed by atoms with van der Waals surface area (Å²) in [5.41, 5.74) is 0.148. The maximum absolute atomic E-state index is 8.73. The second-order valence-electron chi connectivity index (χ2n) is 3.07. The number of aliphatic hydroxyl groups excluding tert-OH is 1. The lowest BCUT2D eigenvalue weighted by Gasteiger charge is -2.19. The SMILES string of the molecule is CCCC(C)(C)CO. The highest BCUT2D eigenvalue weighted by Gasteiger charge is 2.13. The smallest absolute Gasteiger partial charge is 0.0482 e. The number of hydrogen-bond donors (Lipinski definition) is 1. The molecule has 0 saturated heterocycles. The molecule has 0 saturated carbocycles. The van der Waals surface area contributed by atoms with Crippen LogP contribution in [0.15, 0.2) is 0 Å². The van der Waals surface area contributed by atoms with Gasteiger partial charge in [-0.1, -0.05) is 27.2 Å². The quantitative estimate of drug-likeness (QED) is 0.596. The van der Waals surface area contributed by atoms with E-state index in [2.05, 4.69) is 20.8 Å². The van der Waals surface area contributed by atoms with Crippen molar-refractivity contribution in [2.45, 2.75) is 33.6 Å². The zero-order valence-electron chi connectivity index (χ0n) is 6.07. The fourth-order valence-corrected chi connectivity index (χ4v) is 0.756. The lowest BCUT2D eigenvalue weighted by Crippen LogP contribution is -2.15. The second-order valence-corrected chi connectivity index (χ2v) is 3.07. The molecule has 0 aliphatic carbocycles. The molecule has 0 aromatic rings. The Hall–Kier alpha value is -0.0400. The van der Waals surface area contributed by atoms with Crippen LogP contribution in [-0.4, -0.2) is 11.7 Å². The molecular formula is C7H16O. The van der Waals surface area contributed by atoms with Crippen molar-refractivity contribution >= 4 is 0 Å². The fraction of sp³-hybridized carbons (Fsp3) is 1.00. The Balaban J connectivity index is 3.37. The van der Waals surface area contributed by atoms with E-state index in [1.807, 2.05) is 0 Å². The summed E-state index contributed by atoms with van der Waals surface area (Å²) in [6, 6.07) is 0. The van der Waals surface area contributed by atoms with Gasteiger partial charge < -0.3 is 5.11 Å². The van der Waals surface area contributed by atoms with Gasteiger partial charge in [-0.15, -0.1) is 0 Å². The van der Waals surface area contributed by atoms with Crippen molar-refractivity contribution in [2.75, 3.05) is 6.61 Å². The van der Waals surface area contributed by atoms with Crippen LogP contribution in [0.5, 0.6) is 0 Å². The standard InChI is InChI=1S/C7H16O/c1-4-5-7(2,3)6-8/h8H,4-6H2,1-3H3. The van der Waals surface area contributed by atoms with Crippen LogP contribution >= 0.6 is 0 Å². The summed E-state index contributed by atoms with van der Waals surface area (Å²) in [6.45, 7) is 6.60. The zero-order chi connectivity index (χ0) is 6.62. The van der Waals surface area contributed by atoms with E-state index in [9.17, 15) is 0 Å². The molecule has 0 spiro atoms. The molecule has 0 aromatic heterocycles. The van der Waals surface area contributed by atoms with Crippen LogP contribution in [0.25, 0.3) is 0 Å². The van der Waals surface area contributed by atoms with E-state index in [-0.39, 0.29) is 5.41 Å². The molecule has 0 heterocycles. The zero-order valence-corrected chi connectivity index (χ0v) is 6.07. The monoisotopic (exact) mass is 116 g/mol. The molecule has 0 atom stereocenters. The first-order chi connectivity index (χ1) is 3.62. The average Bonchev–Trinajstić information content (AvgIpc) is 1.67. The molecule has 1 heteroatoms. The molecule has 50 valence electrons. The van der Waals surface area contributed by atoms with Crippen molar-refractivity contribution < 1.29 is 5.11 Å². The molecule has 0 aliphatic heterocycles. The molecule has 1 nitrogen and oxygen atoms in total. The predicted molar refractivity (Wildman–Crippen MR) is 35.8 cm³/mol. The lowest BCUT2D eigenvalue weighted by molar-refractivity contribution is 0.149. The van der Waals surface area contributed by atoms with E-state index >= 15 is 0 Å². The molecule has 0 amide bonds. The first-order valence-electron chi connectivity index (χ1n) is 3.23. The summed E-state index contributed by atoms with van der Waals surface area (Å²) in [5.74, 6) is 0.